The monoisotopic (exact) mass is 338 g/mol. The Balaban J connectivity index is 0.00000144. The first-order valence-electron chi connectivity index (χ1n) is 5.70. The lowest BCUT2D eigenvalue weighted by molar-refractivity contribution is 0.204. The minimum absolute atomic E-state index is 0. The first-order chi connectivity index (χ1) is 7.57. The van der Waals surface area contributed by atoms with Crippen LogP contribution in [0.4, 0.5) is 0 Å². The fourth-order valence-corrected chi connectivity index (χ4v) is 3.94. The summed E-state index contributed by atoms with van der Waals surface area (Å²) in [5.41, 5.74) is 0.462. The van der Waals surface area contributed by atoms with E-state index in [2.05, 4.69) is 51.6 Å². The van der Waals surface area contributed by atoms with Crippen molar-refractivity contribution in [2.45, 2.75) is 19.9 Å². The van der Waals surface area contributed by atoms with E-state index < -0.39 is 0 Å². The summed E-state index contributed by atoms with van der Waals surface area (Å²) in [6.07, 6.45) is 1.30. The molecule has 1 saturated heterocycles. The second kappa shape index (κ2) is 6.53. The third-order valence-electron chi connectivity index (χ3n) is 3.16. The Kier molecular flexibility index (Phi) is 5.93. The second-order valence-electron chi connectivity index (χ2n) is 5.14. The van der Waals surface area contributed by atoms with Gasteiger partial charge in [-0.25, -0.2) is 0 Å². The maximum atomic E-state index is 3.50. The van der Waals surface area contributed by atoms with Gasteiger partial charge in [-0.3, -0.25) is 0 Å². The minimum Gasteiger partial charge on any atom is -0.316 e. The average Bonchev–Trinajstić information content (AvgIpc) is 2.75. The summed E-state index contributed by atoms with van der Waals surface area (Å²) < 4.78 is 1.20. The smallest absolute Gasteiger partial charge is 0.0325 e. The third kappa shape index (κ3) is 4.52. The lowest BCUT2D eigenvalue weighted by Crippen LogP contribution is -2.34. The van der Waals surface area contributed by atoms with E-state index in [1.165, 1.54) is 28.9 Å². The van der Waals surface area contributed by atoms with Crippen molar-refractivity contribution in [2.24, 2.45) is 5.41 Å². The zero-order valence-electron chi connectivity index (χ0n) is 10.3. The van der Waals surface area contributed by atoms with Crippen molar-refractivity contribution in [2.75, 3.05) is 26.7 Å². The van der Waals surface area contributed by atoms with Crippen LogP contribution in [0.5, 0.6) is 0 Å². The number of halogens is 2. The van der Waals surface area contributed by atoms with Gasteiger partial charge in [0.2, 0.25) is 0 Å². The van der Waals surface area contributed by atoms with E-state index in [0.717, 1.165) is 13.1 Å². The molecule has 1 aliphatic rings. The topological polar surface area (TPSA) is 15.3 Å². The lowest BCUT2D eigenvalue weighted by Gasteiger charge is -2.28. The van der Waals surface area contributed by atoms with Gasteiger partial charge in [0.15, 0.2) is 0 Å². The summed E-state index contributed by atoms with van der Waals surface area (Å²) in [6, 6.07) is 2.22. The van der Waals surface area contributed by atoms with E-state index in [0.29, 0.717) is 5.41 Å². The molecule has 1 aromatic heterocycles. The predicted octanol–water partition coefficient (Wildman–Crippen LogP) is 3.36. The minimum atomic E-state index is 0. The summed E-state index contributed by atoms with van der Waals surface area (Å²) in [4.78, 5) is 3.87. The van der Waals surface area contributed by atoms with E-state index in [1.54, 1.807) is 0 Å². The van der Waals surface area contributed by atoms with Crippen molar-refractivity contribution in [1.82, 2.24) is 10.2 Å². The number of hydrogen-bond donors (Lipinski definition) is 1. The van der Waals surface area contributed by atoms with E-state index in [1.807, 2.05) is 11.3 Å². The van der Waals surface area contributed by atoms with Gasteiger partial charge in [0.1, 0.15) is 0 Å². The molecule has 1 aliphatic heterocycles. The molecule has 0 spiro atoms. The normalized spacial score (nSPS) is 24.0. The highest BCUT2D eigenvalue weighted by Crippen LogP contribution is 2.27. The molecule has 0 bridgehead atoms. The Labute approximate surface area is 122 Å². The summed E-state index contributed by atoms with van der Waals surface area (Å²) in [5, 5.41) is 5.61. The molecule has 0 saturated carbocycles. The Morgan fingerprint density at radius 3 is 2.88 bits per heavy atom. The average molecular weight is 340 g/mol. The number of rotatable bonds is 4. The van der Waals surface area contributed by atoms with Crippen molar-refractivity contribution in [3.63, 3.8) is 0 Å². The molecule has 0 aromatic carbocycles. The quantitative estimate of drug-likeness (QED) is 0.905. The molecule has 1 atom stereocenters. The standard InChI is InChI=1S/C12H19BrN2S.ClH/c1-12(3-4-14-8-12)9-15(2)6-11-5-10(13)7-16-11;/h5,7,14H,3-4,6,8-9H2,1-2H3;1H. The lowest BCUT2D eigenvalue weighted by atomic mass is 9.89. The maximum absolute atomic E-state index is 3.50. The van der Waals surface area contributed by atoms with Crippen LogP contribution in [-0.4, -0.2) is 31.6 Å². The van der Waals surface area contributed by atoms with Gasteiger partial charge >= 0.3 is 0 Å². The van der Waals surface area contributed by atoms with Crippen LogP contribution in [0.25, 0.3) is 0 Å². The van der Waals surface area contributed by atoms with Gasteiger partial charge in [-0.05, 0) is 47.4 Å². The molecule has 1 aromatic rings. The molecule has 0 aliphatic carbocycles. The number of thiophene rings is 1. The van der Waals surface area contributed by atoms with Crippen molar-refractivity contribution >= 4 is 39.7 Å². The zero-order valence-corrected chi connectivity index (χ0v) is 13.6. The van der Waals surface area contributed by atoms with Crippen LogP contribution < -0.4 is 5.32 Å². The van der Waals surface area contributed by atoms with Gasteiger partial charge in [0.05, 0.1) is 0 Å². The predicted molar refractivity (Wildman–Crippen MR) is 81.2 cm³/mol. The summed E-state index contributed by atoms with van der Waals surface area (Å²) in [7, 11) is 2.22. The van der Waals surface area contributed by atoms with Crippen LogP contribution >= 0.6 is 39.7 Å². The Hall–Kier alpha value is 0.390. The highest BCUT2D eigenvalue weighted by Gasteiger charge is 2.29. The Morgan fingerprint density at radius 1 is 1.59 bits per heavy atom. The summed E-state index contributed by atoms with van der Waals surface area (Å²) in [6.45, 7) is 6.95. The fourth-order valence-electron chi connectivity index (χ4n) is 2.41. The van der Waals surface area contributed by atoms with E-state index in [4.69, 9.17) is 0 Å². The zero-order chi connectivity index (χ0) is 11.6. The molecule has 1 N–H and O–H groups in total. The molecule has 0 amide bonds. The molecule has 17 heavy (non-hydrogen) atoms. The van der Waals surface area contributed by atoms with Gasteiger partial charge in [0.25, 0.3) is 0 Å². The summed E-state index contributed by atoms with van der Waals surface area (Å²) in [5.74, 6) is 0. The first-order valence-corrected chi connectivity index (χ1v) is 7.37. The molecule has 2 heterocycles. The molecule has 0 radical (unpaired) electrons. The van der Waals surface area contributed by atoms with Crippen LogP contribution in [-0.2, 0) is 6.54 Å². The van der Waals surface area contributed by atoms with Gasteiger partial charge in [-0.15, -0.1) is 23.7 Å². The highest BCUT2D eigenvalue weighted by molar-refractivity contribution is 9.10. The third-order valence-corrected chi connectivity index (χ3v) is 4.84. The number of nitrogens with one attached hydrogen (secondary N) is 1. The van der Waals surface area contributed by atoms with Crippen LogP contribution in [0.1, 0.15) is 18.2 Å². The highest BCUT2D eigenvalue weighted by atomic mass is 79.9. The molecule has 2 rings (SSSR count). The molecule has 98 valence electrons. The van der Waals surface area contributed by atoms with Gasteiger partial charge in [-0.2, -0.15) is 0 Å². The molecule has 1 unspecified atom stereocenters. The molecular weight excluding hydrogens is 320 g/mol. The number of nitrogens with zero attached hydrogens (tertiary/aromatic N) is 1. The van der Waals surface area contributed by atoms with Gasteiger partial charge in [-0.1, -0.05) is 6.92 Å². The van der Waals surface area contributed by atoms with Crippen molar-refractivity contribution in [3.05, 3.63) is 20.8 Å². The molecule has 1 fully saturated rings. The van der Waals surface area contributed by atoms with Crippen molar-refractivity contribution < 1.29 is 0 Å². The fraction of sp³-hybridized carbons (Fsp3) is 0.667. The summed E-state index contributed by atoms with van der Waals surface area (Å²) >= 11 is 5.33. The van der Waals surface area contributed by atoms with Crippen LogP contribution in [0.15, 0.2) is 15.9 Å². The van der Waals surface area contributed by atoms with Crippen LogP contribution in [0.2, 0.25) is 0 Å². The van der Waals surface area contributed by atoms with Gasteiger partial charge < -0.3 is 10.2 Å². The number of hydrogen-bond acceptors (Lipinski definition) is 3. The SMILES string of the molecule is CN(Cc1cc(Br)cs1)CC1(C)CCNC1.Cl. The van der Waals surface area contributed by atoms with E-state index in [9.17, 15) is 0 Å². The Morgan fingerprint density at radius 2 is 2.35 bits per heavy atom. The van der Waals surface area contributed by atoms with Crippen LogP contribution in [0.3, 0.4) is 0 Å². The first kappa shape index (κ1) is 15.4. The van der Waals surface area contributed by atoms with E-state index >= 15 is 0 Å². The Bertz CT molecular complexity index is 350. The van der Waals surface area contributed by atoms with Crippen molar-refractivity contribution in [3.8, 4) is 0 Å². The van der Waals surface area contributed by atoms with Crippen LogP contribution in [0, 0.1) is 5.41 Å². The molecular formula is C12H20BrClN2S. The maximum Gasteiger partial charge on any atom is 0.0325 e. The van der Waals surface area contributed by atoms with Crippen molar-refractivity contribution in [1.29, 1.82) is 0 Å². The van der Waals surface area contributed by atoms with Gasteiger partial charge in [0, 0.05) is 34.4 Å². The largest absolute Gasteiger partial charge is 0.316 e. The molecule has 5 heteroatoms. The second-order valence-corrected chi connectivity index (χ2v) is 7.05. The molecule has 2 nitrogen and oxygen atoms in total. The van der Waals surface area contributed by atoms with E-state index in [-0.39, 0.29) is 12.4 Å².